The monoisotopic (exact) mass is 371 g/mol. The van der Waals surface area contributed by atoms with Gasteiger partial charge in [0, 0.05) is 52.0 Å². The molecule has 1 saturated heterocycles. The largest absolute Gasteiger partial charge is 0.368 e. The Bertz CT molecular complexity index is 658. The van der Waals surface area contributed by atoms with Crippen LogP contribution < -0.4 is 10.2 Å². The minimum atomic E-state index is 0.0409. The van der Waals surface area contributed by atoms with Crippen molar-refractivity contribution in [2.75, 3.05) is 51.7 Å². The molecule has 1 amide bonds. The van der Waals surface area contributed by atoms with Crippen LogP contribution in [0.2, 0.25) is 0 Å². The highest BCUT2D eigenvalue weighted by Gasteiger charge is 2.23. The lowest BCUT2D eigenvalue weighted by molar-refractivity contribution is -0.127. The van der Waals surface area contributed by atoms with E-state index in [0.29, 0.717) is 6.04 Å². The SMILES string of the molecule is Cc1cccc(N2CCN(C(=NCC(=O)N(C)C)NC3CCCC3)CC2)c1. The van der Waals surface area contributed by atoms with Crippen molar-refractivity contribution in [3.05, 3.63) is 29.8 Å². The summed E-state index contributed by atoms with van der Waals surface area (Å²) < 4.78 is 0. The highest BCUT2D eigenvalue weighted by Crippen LogP contribution is 2.20. The van der Waals surface area contributed by atoms with Crippen molar-refractivity contribution in [1.82, 2.24) is 15.1 Å². The number of aliphatic imine (C=N–C) groups is 1. The summed E-state index contributed by atoms with van der Waals surface area (Å²) in [5, 5.41) is 3.63. The maximum Gasteiger partial charge on any atom is 0.243 e. The van der Waals surface area contributed by atoms with Crippen LogP contribution in [-0.2, 0) is 4.79 Å². The zero-order valence-corrected chi connectivity index (χ0v) is 16.9. The first-order chi connectivity index (χ1) is 13.0. The lowest BCUT2D eigenvalue weighted by Crippen LogP contribution is -2.54. The average Bonchev–Trinajstić information content (AvgIpc) is 3.18. The summed E-state index contributed by atoms with van der Waals surface area (Å²) in [6.45, 7) is 6.12. The van der Waals surface area contributed by atoms with E-state index in [1.807, 2.05) is 0 Å². The number of nitrogens with one attached hydrogen (secondary N) is 1. The Balaban J connectivity index is 1.63. The zero-order valence-electron chi connectivity index (χ0n) is 16.9. The van der Waals surface area contributed by atoms with Crippen molar-refractivity contribution in [2.24, 2.45) is 4.99 Å². The van der Waals surface area contributed by atoms with Gasteiger partial charge in [0.15, 0.2) is 5.96 Å². The first-order valence-electron chi connectivity index (χ1n) is 10.1. The number of hydrogen-bond acceptors (Lipinski definition) is 3. The van der Waals surface area contributed by atoms with Crippen LogP contribution in [0.5, 0.6) is 0 Å². The molecule has 0 bridgehead atoms. The molecule has 1 aliphatic heterocycles. The predicted octanol–water partition coefficient (Wildman–Crippen LogP) is 2.09. The molecule has 0 spiro atoms. The molecule has 0 atom stereocenters. The fourth-order valence-corrected chi connectivity index (χ4v) is 3.77. The van der Waals surface area contributed by atoms with Gasteiger partial charge < -0.3 is 20.0 Å². The third kappa shape index (κ3) is 5.37. The van der Waals surface area contributed by atoms with Crippen molar-refractivity contribution < 1.29 is 4.79 Å². The van der Waals surface area contributed by atoms with Crippen LogP contribution in [0.3, 0.4) is 0 Å². The minimum absolute atomic E-state index is 0.0409. The summed E-state index contributed by atoms with van der Waals surface area (Å²) in [7, 11) is 3.56. The standard InChI is InChI=1S/C21H33N5O/c1-17-7-6-10-19(15-17)25-11-13-26(14-12-25)21(22-16-20(27)24(2)3)23-18-8-4-5-9-18/h6-7,10,15,18H,4-5,8-9,11-14,16H2,1-3H3,(H,22,23). The van der Waals surface area contributed by atoms with E-state index in [4.69, 9.17) is 0 Å². The third-order valence-corrected chi connectivity index (χ3v) is 5.50. The molecular weight excluding hydrogens is 338 g/mol. The van der Waals surface area contributed by atoms with E-state index >= 15 is 0 Å². The lowest BCUT2D eigenvalue weighted by atomic mass is 10.2. The molecule has 2 fully saturated rings. The summed E-state index contributed by atoms with van der Waals surface area (Å²) in [6.07, 6.45) is 4.96. The molecule has 6 nitrogen and oxygen atoms in total. The molecule has 0 aromatic heterocycles. The molecule has 27 heavy (non-hydrogen) atoms. The van der Waals surface area contributed by atoms with Crippen LogP contribution >= 0.6 is 0 Å². The van der Waals surface area contributed by atoms with Gasteiger partial charge in [-0.25, -0.2) is 4.99 Å². The van der Waals surface area contributed by atoms with Crippen molar-refractivity contribution in [3.8, 4) is 0 Å². The van der Waals surface area contributed by atoms with Gasteiger partial charge in [-0.3, -0.25) is 4.79 Å². The Morgan fingerprint density at radius 1 is 1.19 bits per heavy atom. The zero-order chi connectivity index (χ0) is 19.2. The molecule has 2 aliphatic rings. The van der Waals surface area contributed by atoms with Gasteiger partial charge in [-0.2, -0.15) is 0 Å². The van der Waals surface area contributed by atoms with Crippen molar-refractivity contribution >= 4 is 17.6 Å². The van der Waals surface area contributed by atoms with Gasteiger partial charge in [0.05, 0.1) is 0 Å². The van der Waals surface area contributed by atoms with Gasteiger partial charge in [-0.15, -0.1) is 0 Å². The van der Waals surface area contributed by atoms with Gasteiger partial charge in [0.1, 0.15) is 6.54 Å². The minimum Gasteiger partial charge on any atom is -0.368 e. The second-order valence-corrected chi connectivity index (χ2v) is 7.87. The first-order valence-corrected chi connectivity index (χ1v) is 10.1. The number of likely N-dealkylation sites (N-methyl/N-ethyl adjacent to an activating group) is 1. The molecule has 1 N–H and O–H groups in total. The summed E-state index contributed by atoms with van der Waals surface area (Å²) in [4.78, 5) is 23.0. The van der Waals surface area contributed by atoms with Crippen LogP contribution in [0.4, 0.5) is 5.69 Å². The van der Waals surface area contributed by atoms with E-state index in [1.165, 1.54) is 36.9 Å². The van der Waals surface area contributed by atoms with Gasteiger partial charge in [0.2, 0.25) is 5.91 Å². The highest BCUT2D eigenvalue weighted by molar-refractivity contribution is 5.85. The van der Waals surface area contributed by atoms with Gasteiger partial charge >= 0.3 is 0 Å². The first kappa shape index (κ1) is 19.5. The van der Waals surface area contributed by atoms with E-state index in [-0.39, 0.29) is 12.5 Å². The van der Waals surface area contributed by atoms with E-state index in [2.05, 4.69) is 51.3 Å². The normalized spacial score (nSPS) is 18.7. The molecule has 6 heteroatoms. The number of rotatable bonds is 4. The van der Waals surface area contributed by atoms with Crippen LogP contribution in [-0.4, -0.2) is 74.5 Å². The Kier molecular flexibility index (Phi) is 6.58. The highest BCUT2D eigenvalue weighted by atomic mass is 16.2. The number of benzene rings is 1. The Hall–Kier alpha value is -2.24. The number of piperazine rings is 1. The summed E-state index contributed by atoms with van der Waals surface area (Å²) in [6, 6.07) is 9.19. The lowest BCUT2D eigenvalue weighted by Gasteiger charge is -2.38. The van der Waals surface area contributed by atoms with Crippen molar-refractivity contribution in [2.45, 2.75) is 38.6 Å². The average molecular weight is 372 g/mol. The van der Waals surface area contributed by atoms with Crippen LogP contribution in [0.25, 0.3) is 0 Å². The summed E-state index contributed by atoms with van der Waals surface area (Å²) in [5.41, 5.74) is 2.59. The fourth-order valence-electron chi connectivity index (χ4n) is 3.77. The number of carbonyl (C=O) groups excluding carboxylic acids is 1. The molecule has 1 aromatic rings. The Labute approximate surface area is 163 Å². The predicted molar refractivity (Wildman–Crippen MR) is 111 cm³/mol. The van der Waals surface area contributed by atoms with Crippen molar-refractivity contribution in [1.29, 1.82) is 0 Å². The van der Waals surface area contributed by atoms with E-state index in [0.717, 1.165) is 32.1 Å². The summed E-state index contributed by atoms with van der Waals surface area (Å²) >= 11 is 0. The smallest absolute Gasteiger partial charge is 0.243 e. The molecule has 3 rings (SSSR count). The second-order valence-electron chi connectivity index (χ2n) is 7.87. The molecule has 1 aliphatic carbocycles. The van der Waals surface area contributed by atoms with Crippen LogP contribution in [0.1, 0.15) is 31.2 Å². The number of anilines is 1. The number of amides is 1. The van der Waals surface area contributed by atoms with Gasteiger partial charge in [0.25, 0.3) is 0 Å². The van der Waals surface area contributed by atoms with E-state index in [1.54, 1.807) is 19.0 Å². The number of hydrogen-bond donors (Lipinski definition) is 1. The third-order valence-electron chi connectivity index (χ3n) is 5.50. The number of guanidine groups is 1. The topological polar surface area (TPSA) is 51.2 Å². The van der Waals surface area contributed by atoms with Crippen LogP contribution in [0.15, 0.2) is 29.3 Å². The molecule has 148 valence electrons. The maximum atomic E-state index is 12.0. The molecule has 1 heterocycles. The number of nitrogens with zero attached hydrogens (tertiary/aromatic N) is 4. The van der Waals surface area contributed by atoms with Crippen LogP contribution in [0, 0.1) is 6.92 Å². The maximum absolute atomic E-state index is 12.0. The molecule has 1 saturated carbocycles. The molecular formula is C21H33N5O. The van der Waals surface area contributed by atoms with Crippen molar-refractivity contribution in [3.63, 3.8) is 0 Å². The van der Waals surface area contributed by atoms with Gasteiger partial charge in [-0.05, 0) is 37.5 Å². The fraction of sp³-hybridized carbons (Fsp3) is 0.619. The summed E-state index contributed by atoms with van der Waals surface area (Å²) in [5.74, 6) is 0.945. The van der Waals surface area contributed by atoms with E-state index < -0.39 is 0 Å². The number of carbonyl (C=O) groups is 1. The Morgan fingerprint density at radius 3 is 2.52 bits per heavy atom. The second kappa shape index (κ2) is 9.11. The molecule has 0 radical (unpaired) electrons. The molecule has 1 aromatic carbocycles. The molecule has 0 unspecified atom stereocenters. The Morgan fingerprint density at radius 2 is 1.89 bits per heavy atom. The number of aryl methyl sites for hydroxylation is 1. The van der Waals surface area contributed by atoms with Gasteiger partial charge in [-0.1, -0.05) is 25.0 Å². The quantitative estimate of drug-likeness (QED) is 0.650. The van der Waals surface area contributed by atoms with E-state index in [9.17, 15) is 4.79 Å².